The topological polar surface area (TPSA) is 131 Å². The van der Waals surface area contributed by atoms with Gasteiger partial charge in [0.1, 0.15) is 11.4 Å². The maximum absolute atomic E-state index is 12.9. The molecule has 1 saturated carbocycles. The van der Waals surface area contributed by atoms with Crippen molar-refractivity contribution in [2.75, 3.05) is 5.73 Å². The molecule has 2 N–H and O–H groups in total. The Morgan fingerprint density at radius 2 is 1.88 bits per heavy atom. The van der Waals surface area contributed by atoms with Gasteiger partial charge in [-0.3, -0.25) is 18.7 Å². The van der Waals surface area contributed by atoms with Gasteiger partial charge in [-0.25, -0.2) is 9.48 Å². The number of rotatable bonds is 5. The number of carbonyl (C=O) groups excluding carboxylic acids is 1. The molecule has 1 aliphatic carbocycles. The molecule has 10 nitrogen and oxygen atoms in total. The summed E-state index contributed by atoms with van der Waals surface area (Å²) in [6.45, 7) is 1.67. The Labute approximate surface area is 153 Å². The van der Waals surface area contributed by atoms with Crippen molar-refractivity contribution in [3.05, 3.63) is 26.4 Å². The highest BCUT2D eigenvalue weighted by Crippen LogP contribution is 2.33. The highest BCUT2D eigenvalue weighted by Gasteiger charge is 2.28. The Morgan fingerprint density at radius 3 is 2.54 bits per heavy atom. The van der Waals surface area contributed by atoms with Crippen molar-refractivity contribution >= 4 is 23.4 Å². The summed E-state index contributed by atoms with van der Waals surface area (Å²) >= 11 is 1.19. The Bertz CT molecular complexity index is 955. The van der Waals surface area contributed by atoms with Crippen LogP contribution in [0, 0.1) is 0 Å². The predicted molar refractivity (Wildman–Crippen MR) is 96.3 cm³/mol. The number of thioether (sulfide) groups is 1. The number of aromatic nitrogens is 6. The molecule has 1 fully saturated rings. The molecule has 0 aliphatic heterocycles. The molecule has 0 amide bonds. The van der Waals surface area contributed by atoms with Crippen LogP contribution in [0.3, 0.4) is 0 Å². The van der Waals surface area contributed by atoms with E-state index in [2.05, 4.69) is 15.5 Å². The Kier molecular flexibility index (Phi) is 4.99. The summed E-state index contributed by atoms with van der Waals surface area (Å²) in [7, 11) is 2.74. The number of hydrogen-bond donors (Lipinski definition) is 1. The molecule has 2 heterocycles. The quantitative estimate of drug-likeness (QED) is 0.573. The molecule has 2 aromatic heterocycles. The smallest absolute Gasteiger partial charge is 0.332 e. The van der Waals surface area contributed by atoms with Gasteiger partial charge in [0.15, 0.2) is 5.78 Å². The van der Waals surface area contributed by atoms with E-state index in [1.807, 2.05) is 0 Å². The van der Waals surface area contributed by atoms with Crippen LogP contribution in [0.2, 0.25) is 0 Å². The number of nitrogens with zero attached hydrogens (tertiary/aromatic N) is 6. The van der Waals surface area contributed by atoms with E-state index in [1.54, 1.807) is 11.6 Å². The van der Waals surface area contributed by atoms with E-state index in [0.29, 0.717) is 5.16 Å². The van der Waals surface area contributed by atoms with Crippen molar-refractivity contribution in [1.82, 2.24) is 29.3 Å². The molecule has 2 aromatic rings. The number of Topliss-reactive ketones (excluding diaryl/α,β-unsaturated/α-hetero) is 1. The first kappa shape index (κ1) is 18.4. The van der Waals surface area contributed by atoms with E-state index < -0.39 is 22.3 Å². The van der Waals surface area contributed by atoms with Crippen LogP contribution in [0.4, 0.5) is 5.82 Å². The molecule has 0 radical (unpaired) electrons. The minimum absolute atomic E-state index is 0.133. The highest BCUT2D eigenvalue weighted by atomic mass is 32.2. The Balaban J connectivity index is 1.90. The molecule has 3 rings (SSSR count). The fourth-order valence-corrected chi connectivity index (χ4v) is 4.07. The van der Waals surface area contributed by atoms with Crippen molar-refractivity contribution in [1.29, 1.82) is 0 Å². The van der Waals surface area contributed by atoms with Gasteiger partial charge in [-0.05, 0) is 30.2 Å². The minimum Gasteiger partial charge on any atom is -0.384 e. The number of ketones is 1. The Hall–Kier alpha value is -2.43. The number of hydrogen-bond acceptors (Lipinski definition) is 8. The van der Waals surface area contributed by atoms with Crippen molar-refractivity contribution < 1.29 is 4.79 Å². The Morgan fingerprint density at radius 1 is 1.23 bits per heavy atom. The molecule has 0 spiro atoms. The van der Waals surface area contributed by atoms with Crippen molar-refractivity contribution in [3.8, 4) is 0 Å². The average molecular weight is 379 g/mol. The minimum atomic E-state index is -0.696. The lowest BCUT2D eigenvalue weighted by Gasteiger charge is -2.15. The summed E-state index contributed by atoms with van der Waals surface area (Å²) in [5, 5.41) is 11.7. The van der Waals surface area contributed by atoms with Gasteiger partial charge in [-0.15, -0.1) is 5.10 Å². The number of nitrogen functional groups attached to an aromatic ring is 1. The van der Waals surface area contributed by atoms with Crippen LogP contribution in [0.1, 0.15) is 49.0 Å². The first-order valence-corrected chi connectivity index (χ1v) is 9.25. The van der Waals surface area contributed by atoms with Gasteiger partial charge in [-0.1, -0.05) is 24.6 Å². The third-order valence-corrected chi connectivity index (χ3v) is 5.79. The van der Waals surface area contributed by atoms with Crippen LogP contribution in [0.15, 0.2) is 14.7 Å². The second kappa shape index (κ2) is 7.06. The monoisotopic (exact) mass is 379 g/mol. The molecule has 140 valence electrons. The first-order valence-electron chi connectivity index (χ1n) is 8.37. The fourth-order valence-electron chi connectivity index (χ4n) is 3.15. The average Bonchev–Trinajstić information content (AvgIpc) is 3.29. The molecule has 26 heavy (non-hydrogen) atoms. The SMILES string of the molecule is CC(Sc1nnnn1C1CCCC1)C(=O)c1c(N)n(C)c(=O)n(C)c1=O. The van der Waals surface area contributed by atoms with E-state index in [4.69, 9.17) is 5.73 Å². The zero-order valence-electron chi connectivity index (χ0n) is 14.9. The lowest BCUT2D eigenvalue weighted by molar-refractivity contribution is 0.0992. The van der Waals surface area contributed by atoms with Gasteiger partial charge in [0.05, 0.1) is 11.3 Å². The molecular weight excluding hydrogens is 358 g/mol. The molecular formula is C15H21N7O3S. The van der Waals surface area contributed by atoms with Crippen LogP contribution < -0.4 is 17.0 Å². The molecule has 11 heteroatoms. The maximum atomic E-state index is 12.9. The molecule has 0 saturated heterocycles. The fraction of sp³-hybridized carbons (Fsp3) is 0.600. The predicted octanol–water partition coefficient (Wildman–Crippen LogP) is 0.131. The van der Waals surface area contributed by atoms with Crippen LogP contribution in [0.25, 0.3) is 0 Å². The third kappa shape index (κ3) is 3.06. The first-order chi connectivity index (χ1) is 12.3. The summed E-state index contributed by atoms with van der Waals surface area (Å²) in [6.07, 6.45) is 4.28. The number of anilines is 1. The van der Waals surface area contributed by atoms with Crippen LogP contribution >= 0.6 is 11.8 Å². The molecule has 0 aromatic carbocycles. The highest BCUT2D eigenvalue weighted by molar-refractivity contribution is 8.00. The molecule has 0 bridgehead atoms. The van der Waals surface area contributed by atoms with E-state index in [9.17, 15) is 14.4 Å². The van der Waals surface area contributed by atoms with Gasteiger partial charge in [0.2, 0.25) is 5.16 Å². The molecule has 1 aliphatic rings. The van der Waals surface area contributed by atoms with E-state index in [1.165, 1.54) is 25.9 Å². The standard InChI is InChI=1S/C15H21N7O3S/c1-8(26-14-17-18-19-22(14)9-6-4-5-7-9)11(23)10-12(16)20(2)15(25)21(3)13(10)24/h8-9H,4-7,16H2,1-3H3. The van der Waals surface area contributed by atoms with E-state index in [-0.39, 0.29) is 17.4 Å². The summed E-state index contributed by atoms with van der Waals surface area (Å²) in [5.74, 6) is -0.587. The van der Waals surface area contributed by atoms with Crippen LogP contribution in [0.5, 0.6) is 0 Å². The van der Waals surface area contributed by atoms with Crippen LogP contribution in [-0.4, -0.2) is 40.4 Å². The number of carbonyl (C=O) groups is 1. The van der Waals surface area contributed by atoms with Crippen molar-refractivity contribution in [2.24, 2.45) is 14.1 Å². The molecule has 1 atom stereocenters. The lowest BCUT2D eigenvalue weighted by atomic mass is 10.1. The van der Waals surface area contributed by atoms with Gasteiger partial charge < -0.3 is 5.73 Å². The van der Waals surface area contributed by atoms with Crippen molar-refractivity contribution in [2.45, 2.75) is 49.1 Å². The summed E-state index contributed by atoms with van der Waals surface area (Å²) in [5.41, 5.74) is 4.41. The number of nitrogens with two attached hydrogens (primary N) is 1. The largest absolute Gasteiger partial charge is 0.384 e. The summed E-state index contributed by atoms with van der Waals surface area (Å²) in [4.78, 5) is 37.1. The maximum Gasteiger partial charge on any atom is 0.332 e. The van der Waals surface area contributed by atoms with Gasteiger partial charge in [-0.2, -0.15) is 0 Å². The van der Waals surface area contributed by atoms with Gasteiger partial charge in [0, 0.05) is 14.1 Å². The number of tetrazole rings is 1. The summed E-state index contributed by atoms with van der Waals surface area (Å²) < 4.78 is 3.72. The second-order valence-corrected chi connectivity index (χ2v) is 7.74. The zero-order valence-corrected chi connectivity index (χ0v) is 15.7. The van der Waals surface area contributed by atoms with E-state index in [0.717, 1.165) is 34.8 Å². The second-order valence-electron chi connectivity index (χ2n) is 6.43. The molecule has 1 unspecified atom stereocenters. The van der Waals surface area contributed by atoms with Crippen LogP contribution in [-0.2, 0) is 14.1 Å². The summed E-state index contributed by atoms with van der Waals surface area (Å²) in [6, 6.07) is 0.241. The zero-order chi connectivity index (χ0) is 19.0. The normalized spacial score (nSPS) is 16.1. The lowest BCUT2D eigenvalue weighted by Crippen LogP contribution is -2.42. The van der Waals surface area contributed by atoms with Crippen molar-refractivity contribution in [3.63, 3.8) is 0 Å². The van der Waals surface area contributed by atoms with E-state index >= 15 is 0 Å². The van der Waals surface area contributed by atoms with Gasteiger partial charge >= 0.3 is 5.69 Å². The third-order valence-electron chi connectivity index (χ3n) is 4.74. The van der Waals surface area contributed by atoms with Gasteiger partial charge in [0.25, 0.3) is 5.56 Å².